The molecule has 24 heavy (non-hydrogen) atoms. The molecular weight excluding hydrogens is 326 g/mol. The van der Waals surface area contributed by atoms with Crippen molar-refractivity contribution in [1.29, 1.82) is 0 Å². The van der Waals surface area contributed by atoms with Gasteiger partial charge in [0.25, 0.3) is 0 Å². The molecule has 6 nitrogen and oxygen atoms in total. The third-order valence-electron chi connectivity index (χ3n) is 3.42. The molecule has 0 aliphatic heterocycles. The van der Waals surface area contributed by atoms with Crippen LogP contribution in [0.3, 0.4) is 0 Å². The molecule has 0 spiro atoms. The van der Waals surface area contributed by atoms with Crippen molar-refractivity contribution in [2.75, 3.05) is 6.54 Å². The van der Waals surface area contributed by atoms with E-state index in [-0.39, 0.29) is 11.4 Å². The van der Waals surface area contributed by atoms with Crippen molar-refractivity contribution in [2.24, 2.45) is 0 Å². The molecule has 3 rings (SSSR count). The van der Waals surface area contributed by atoms with E-state index in [0.29, 0.717) is 18.2 Å². The minimum atomic E-state index is -3.52. The first-order valence-corrected chi connectivity index (χ1v) is 8.97. The molecule has 1 heterocycles. The van der Waals surface area contributed by atoms with E-state index in [0.717, 1.165) is 11.1 Å². The van der Waals surface area contributed by atoms with E-state index < -0.39 is 10.0 Å². The SMILES string of the molecule is Cc1cccc(-c2nnc(CCNS(=O)(=O)c3ccccc3)o2)c1. The van der Waals surface area contributed by atoms with Gasteiger partial charge >= 0.3 is 0 Å². The van der Waals surface area contributed by atoms with Crippen molar-refractivity contribution in [3.8, 4) is 11.5 Å². The molecule has 0 atom stereocenters. The summed E-state index contributed by atoms with van der Waals surface area (Å²) in [5, 5.41) is 7.97. The lowest BCUT2D eigenvalue weighted by atomic mass is 10.1. The molecular formula is C17H17N3O3S. The van der Waals surface area contributed by atoms with Crippen molar-refractivity contribution in [3.05, 3.63) is 66.1 Å². The largest absolute Gasteiger partial charge is 0.421 e. The summed E-state index contributed by atoms with van der Waals surface area (Å²) >= 11 is 0. The molecule has 2 aromatic carbocycles. The van der Waals surface area contributed by atoms with Crippen LogP contribution >= 0.6 is 0 Å². The van der Waals surface area contributed by atoms with Gasteiger partial charge in [0.1, 0.15) is 0 Å². The van der Waals surface area contributed by atoms with Crippen molar-refractivity contribution >= 4 is 10.0 Å². The predicted molar refractivity (Wildman–Crippen MR) is 89.8 cm³/mol. The van der Waals surface area contributed by atoms with E-state index in [2.05, 4.69) is 14.9 Å². The van der Waals surface area contributed by atoms with Gasteiger partial charge in [-0.15, -0.1) is 10.2 Å². The fourth-order valence-corrected chi connectivity index (χ4v) is 3.28. The van der Waals surface area contributed by atoms with Gasteiger partial charge in [0, 0.05) is 18.5 Å². The van der Waals surface area contributed by atoms with Gasteiger partial charge in [0.2, 0.25) is 21.8 Å². The number of aryl methyl sites for hydroxylation is 1. The molecule has 3 aromatic rings. The smallest absolute Gasteiger partial charge is 0.247 e. The van der Waals surface area contributed by atoms with Crippen LogP contribution in [0.5, 0.6) is 0 Å². The molecule has 1 aromatic heterocycles. The first-order valence-electron chi connectivity index (χ1n) is 7.49. The number of hydrogen-bond donors (Lipinski definition) is 1. The van der Waals surface area contributed by atoms with Crippen LogP contribution in [-0.2, 0) is 16.4 Å². The fraction of sp³-hybridized carbons (Fsp3) is 0.176. The second kappa shape index (κ2) is 6.94. The molecule has 7 heteroatoms. The van der Waals surface area contributed by atoms with Gasteiger partial charge < -0.3 is 4.42 Å². The molecule has 0 unspecified atom stereocenters. The summed E-state index contributed by atoms with van der Waals surface area (Å²) in [6.45, 7) is 2.17. The Bertz CT molecular complexity index is 921. The first-order chi connectivity index (χ1) is 11.5. The monoisotopic (exact) mass is 343 g/mol. The highest BCUT2D eigenvalue weighted by Gasteiger charge is 2.14. The Morgan fingerprint density at radius 3 is 2.58 bits per heavy atom. The number of rotatable bonds is 6. The van der Waals surface area contributed by atoms with Crippen LogP contribution in [0.15, 0.2) is 63.9 Å². The maximum absolute atomic E-state index is 12.1. The van der Waals surface area contributed by atoms with Crippen LogP contribution in [0, 0.1) is 6.92 Å². The van der Waals surface area contributed by atoms with Gasteiger partial charge in [-0.1, -0.05) is 35.9 Å². The normalized spacial score (nSPS) is 11.5. The van der Waals surface area contributed by atoms with Crippen molar-refractivity contribution in [2.45, 2.75) is 18.2 Å². The maximum Gasteiger partial charge on any atom is 0.247 e. The Kier molecular flexibility index (Phi) is 4.73. The standard InChI is InChI=1S/C17H17N3O3S/c1-13-6-5-7-14(12-13)17-20-19-16(23-17)10-11-18-24(21,22)15-8-3-2-4-9-15/h2-9,12,18H,10-11H2,1H3. The molecule has 0 bridgehead atoms. The molecule has 0 aliphatic rings. The first kappa shape index (κ1) is 16.4. The van der Waals surface area contributed by atoms with Gasteiger partial charge in [-0.2, -0.15) is 0 Å². The Morgan fingerprint density at radius 1 is 1.04 bits per heavy atom. The summed E-state index contributed by atoms with van der Waals surface area (Å²) in [6, 6.07) is 16.0. The average molecular weight is 343 g/mol. The average Bonchev–Trinajstić information content (AvgIpc) is 3.04. The van der Waals surface area contributed by atoms with Gasteiger partial charge in [0.05, 0.1) is 4.90 Å². The highest BCUT2D eigenvalue weighted by atomic mass is 32.2. The quantitative estimate of drug-likeness (QED) is 0.743. The molecule has 0 radical (unpaired) electrons. The van der Waals surface area contributed by atoms with E-state index in [1.165, 1.54) is 0 Å². The molecule has 124 valence electrons. The van der Waals surface area contributed by atoms with Crippen LogP contribution in [0.25, 0.3) is 11.5 Å². The third-order valence-corrected chi connectivity index (χ3v) is 4.89. The van der Waals surface area contributed by atoms with E-state index in [1.807, 2.05) is 31.2 Å². The van der Waals surface area contributed by atoms with Gasteiger partial charge in [-0.05, 0) is 31.2 Å². The van der Waals surface area contributed by atoms with E-state index >= 15 is 0 Å². The number of benzene rings is 2. The topological polar surface area (TPSA) is 85.1 Å². The van der Waals surface area contributed by atoms with Crippen molar-refractivity contribution in [3.63, 3.8) is 0 Å². The lowest BCUT2D eigenvalue weighted by Gasteiger charge is -2.04. The van der Waals surface area contributed by atoms with E-state index in [1.54, 1.807) is 30.3 Å². The number of hydrogen-bond acceptors (Lipinski definition) is 5. The predicted octanol–water partition coefficient (Wildman–Crippen LogP) is 2.57. The van der Waals surface area contributed by atoms with Gasteiger partial charge in [0.15, 0.2) is 0 Å². The van der Waals surface area contributed by atoms with E-state index in [9.17, 15) is 8.42 Å². The lowest BCUT2D eigenvalue weighted by molar-refractivity contribution is 0.502. The number of nitrogens with zero attached hydrogens (tertiary/aromatic N) is 2. The van der Waals surface area contributed by atoms with Gasteiger partial charge in [-0.3, -0.25) is 0 Å². The van der Waals surface area contributed by atoms with Crippen molar-refractivity contribution in [1.82, 2.24) is 14.9 Å². The summed E-state index contributed by atoms with van der Waals surface area (Å²) in [5.41, 5.74) is 1.95. The fourth-order valence-electron chi connectivity index (χ4n) is 2.22. The highest BCUT2D eigenvalue weighted by Crippen LogP contribution is 2.18. The Morgan fingerprint density at radius 2 is 1.83 bits per heavy atom. The van der Waals surface area contributed by atoms with Gasteiger partial charge in [-0.25, -0.2) is 13.1 Å². The second-order valence-corrected chi connectivity index (χ2v) is 7.10. The zero-order valence-electron chi connectivity index (χ0n) is 13.1. The summed E-state index contributed by atoms with van der Waals surface area (Å²) in [6.07, 6.45) is 0.324. The summed E-state index contributed by atoms with van der Waals surface area (Å²) in [5.74, 6) is 0.821. The Labute approximate surface area is 140 Å². The maximum atomic E-state index is 12.1. The van der Waals surface area contributed by atoms with Crippen LogP contribution in [0.1, 0.15) is 11.5 Å². The Balaban J connectivity index is 1.62. The molecule has 0 saturated carbocycles. The van der Waals surface area contributed by atoms with Crippen LogP contribution < -0.4 is 4.72 Å². The second-order valence-electron chi connectivity index (χ2n) is 5.33. The molecule has 0 fully saturated rings. The summed E-state index contributed by atoms with van der Waals surface area (Å²) in [4.78, 5) is 0.232. The molecule has 0 amide bonds. The van der Waals surface area contributed by atoms with Crippen LogP contribution in [-0.4, -0.2) is 25.2 Å². The highest BCUT2D eigenvalue weighted by molar-refractivity contribution is 7.89. The summed E-state index contributed by atoms with van der Waals surface area (Å²) < 4.78 is 32.3. The molecule has 1 N–H and O–H groups in total. The molecule has 0 saturated heterocycles. The number of sulfonamides is 1. The number of aromatic nitrogens is 2. The van der Waals surface area contributed by atoms with Crippen LogP contribution in [0.2, 0.25) is 0 Å². The minimum Gasteiger partial charge on any atom is -0.421 e. The van der Waals surface area contributed by atoms with Crippen molar-refractivity contribution < 1.29 is 12.8 Å². The summed E-state index contributed by atoms with van der Waals surface area (Å²) in [7, 11) is -3.52. The van der Waals surface area contributed by atoms with Crippen LogP contribution in [0.4, 0.5) is 0 Å². The number of nitrogens with one attached hydrogen (secondary N) is 1. The molecule has 0 aliphatic carbocycles. The van der Waals surface area contributed by atoms with E-state index in [4.69, 9.17) is 4.42 Å². The minimum absolute atomic E-state index is 0.187. The third kappa shape index (κ3) is 3.87. The Hall–Kier alpha value is -2.51. The zero-order valence-corrected chi connectivity index (χ0v) is 14.0. The zero-order chi connectivity index (χ0) is 17.0. The lowest BCUT2D eigenvalue weighted by Crippen LogP contribution is -2.26.